The average Bonchev–Trinajstić information content (AvgIpc) is 2.27. The van der Waals surface area contributed by atoms with Crippen molar-refractivity contribution in [3.8, 4) is 0 Å². The summed E-state index contributed by atoms with van der Waals surface area (Å²) in [5, 5.41) is 13.7. The number of nitrogens with one attached hydrogen (secondary N) is 2. The lowest BCUT2D eigenvalue weighted by atomic mass is 10.1. The summed E-state index contributed by atoms with van der Waals surface area (Å²) in [6.45, 7) is 3.52. The summed E-state index contributed by atoms with van der Waals surface area (Å²) in [4.78, 5) is 32.8. The summed E-state index contributed by atoms with van der Waals surface area (Å²) in [6.07, 6.45) is 0.448. The SMILES string of the molecule is COC(=O)CC(C)NC(=O)NCCC(C)C(=O)O. The van der Waals surface area contributed by atoms with Gasteiger partial charge in [0, 0.05) is 12.6 Å². The minimum atomic E-state index is -0.892. The summed E-state index contributed by atoms with van der Waals surface area (Å²) in [5.41, 5.74) is 0. The number of carboxylic acid groups (broad SMARTS) is 1. The van der Waals surface area contributed by atoms with Crippen molar-refractivity contribution in [1.82, 2.24) is 10.6 Å². The molecule has 7 nitrogen and oxygen atoms in total. The molecule has 0 heterocycles. The van der Waals surface area contributed by atoms with Gasteiger partial charge in [-0.25, -0.2) is 4.79 Å². The third-order valence-corrected chi connectivity index (χ3v) is 2.36. The molecule has 0 bridgehead atoms. The van der Waals surface area contributed by atoms with Gasteiger partial charge in [-0.3, -0.25) is 9.59 Å². The minimum absolute atomic E-state index is 0.0927. The third-order valence-electron chi connectivity index (χ3n) is 2.36. The molecule has 104 valence electrons. The van der Waals surface area contributed by atoms with E-state index in [1.54, 1.807) is 13.8 Å². The Hall–Kier alpha value is -1.79. The highest BCUT2D eigenvalue weighted by Gasteiger charge is 2.13. The van der Waals surface area contributed by atoms with E-state index in [0.717, 1.165) is 0 Å². The van der Waals surface area contributed by atoms with Crippen LogP contribution in [0.2, 0.25) is 0 Å². The van der Waals surface area contributed by atoms with E-state index in [9.17, 15) is 14.4 Å². The molecule has 0 aliphatic heterocycles. The lowest BCUT2D eigenvalue weighted by Gasteiger charge is -2.14. The van der Waals surface area contributed by atoms with Crippen molar-refractivity contribution in [2.24, 2.45) is 5.92 Å². The van der Waals surface area contributed by atoms with Crippen LogP contribution in [-0.4, -0.2) is 42.8 Å². The minimum Gasteiger partial charge on any atom is -0.481 e. The highest BCUT2D eigenvalue weighted by molar-refractivity contribution is 5.76. The fraction of sp³-hybridized carbons (Fsp3) is 0.727. The fourth-order valence-electron chi connectivity index (χ4n) is 1.18. The number of hydrogen-bond donors (Lipinski definition) is 3. The van der Waals surface area contributed by atoms with Gasteiger partial charge in [0.1, 0.15) is 0 Å². The second kappa shape index (κ2) is 8.32. The van der Waals surface area contributed by atoms with Crippen LogP contribution in [0.15, 0.2) is 0 Å². The first kappa shape index (κ1) is 16.2. The van der Waals surface area contributed by atoms with Crippen LogP contribution in [0, 0.1) is 5.92 Å². The van der Waals surface area contributed by atoms with E-state index in [4.69, 9.17) is 5.11 Å². The number of amides is 2. The topological polar surface area (TPSA) is 105 Å². The van der Waals surface area contributed by atoms with Crippen molar-refractivity contribution in [1.29, 1.82) is 0 Å². The van der Waals surface area contributed by atoms with Crippen molar-refractivity contribution in [3.63, 3.8) is 0 Å². The van der Waals surface area contributed by atoms with Crippen LogP contribution in [0.5, 0.6) is 0 Å². The molecule has 0 rings (SSSR count). The molecule has 18 heavy (non-hydrogen) atoms. The number of carbonyl (C=O) groups is 3. The molecule has 0 aliphatic carbocycles. The number of hydrogen-bond acceptors (Lipinski definition) is 4. The molecule has 0 aromatic heterocycles. The first-order chi connectivity index (χ1) is 8.36. The summed E-state index contributed by atoms with van der Waals surface area (Å²) < 4.78 is 4.47. The number of carboxylic acids is 1. The molecule has 3 N–H and O–H groups in total. The van der Waals surface area contributed by atoms with Gasteiger partial charge in [-0.15, -0.1) is 0 Å². The van der Waals surface area contributed by atoms with Gasteiger partial charge in [0.25, 0.3) is 0 Å². The van der Waals surface area contributed by atoms with Gasteiger partial charge in [0.05, 0.1) is 19.4 Å². The van der Waals surface area contributed by atoms with E-state index in [0.29, 0.717) is 6.42 Å². The number of ether oxygens (including phenoxy) is 1. The van der Waals surface area contributed by atoms with Crippen LogP contribution in [0.25, 0.3) is 0 Å². The first-order valence-corrected chi connectivity index (χ1v) is 5.70. The monoisotopic (exact) mass is 260 g/mol. The van der Waals surface area contributed by atoms with E-state index in [-0.39, 0.29) is 19.0 Å². The predicted molar refractivity (Wildman–Crippen MR) is 64.0 cm³/mol. The zero-order valence-corrected chi connectivity index (χ0v) is 10.9. The molecule has 0 aromatic carbocycles. The number of aliphatic carboxylic acids is 1. The Morgan fingerprint density at radius 3 is 2.39 bits per heavy atom. The van der Waals surface area contributed by atoms with Gasteiger partial charge in [-0.1, -0.05) is 6.92 Å². The first-order valence-electron chi connectivity index (χ1n) is 5.70. The summed E-state index contributed by atoms with van der Waals surface area (Å²) in [6, 6.07) is -0.765. The van der Waals surface area contributed by atoms with Crippen molar-refractivity contribution < 1.29 is 24.2 Å². The highest BCUT2D eigenvalue weighted by atomic mass is 16.5. The molecule has 0 spiro atoms. The Labute approximate surface area is 106 Å². The van der Waals surface area contributed by atoms with E-state index >= 15 is 0 Å². The molecule has 2 unspecified atom stereocenters. The van der Waals surface area contributed by atoms with Crippen molar-refractivity contribution in [3.05, 3.63) is 0 Å². The Morgan fingerprint density at radius 1 is 1.28 bits per heavy atom. The van der Waals surface area contributed by atoms with Crippen LogP contribution in [-0.2, 0) is 14.3 Å². The van der Waals surface area contributed by atoms with Gasteiger partial charge >= 0.3 is 18.0 Å². The Bertz CT molecular complexity index is 306. The van der Waals surface area contributed by atoms with Crippen molar-refractivity contribution in [2.45, 2.75) is 32.7 Å². The largest absolute Gasteiger partial charge is 0.481 e. The maximum absolute atomic E-state index is 11.4. The molecule has 0 aromatic rings. The van der Waals surface area contributed by atoms with Gasteiger partial charge in [-0.2, -0.15) is 0 Å². The highest BCUT2D eigenvalue weighted by Crippen LogP contribution is 1.99. The van der Waals surface area contributed by atoms with Crippen LogP contribution in [0.4, 0.5) is 4.79 Å². The number of rotatable bonds is 7. The quantitative estimate of drug-likeness (QED) is 0.573. The third kappa shape index (κ3) is 7.48. The molecule has 0 saturated heterocycles. The van der Waals surface area contributed by atoms with Crippen molar-refractivity contribution in [2.75, 3.05) is 13.7 Å². The lowest BCUT2D eigenvalue weighted by Crippen LogP contribution is -2.42. The number of carbonyl (C=O) groups excluding carboxylic acids is 2. The number of methoxy groups -OCH3 is 1. The average molecular weight is 260 g/mol. The molecule has 0 aliphatic rings. The van der Waals surface area contributed by atoms with Crippen LogP contribution in [0.3, 0.4) is 0 Å². The van der Waals surface area contributed by atoms with E-state index < -0.39 is 23.9 Å². The second-order valence-electron chi connectivity index (χ2n) is 4.11. The Morgan fingerprint density at radius 2 is 1.89 bits per heavy atom. The van der Waals surface area contributed by atoms with Crippen LogP contribution >= 0.6 is 0 Å². The zero-order valence-electron chi connectivity index (χ0n) is 10.9. The Balaban J connectivity index is 3.77. The number of esters is 1. The zero-order chi connectivity index (χ0) is 14.1. The molecule has 7 heteroatoms. The van der Waals surface area contributed by atoms with Gasteiger partial charge in [-0.05, 0) is 13.3 Å². The van der Waals surface area contributed by atoms with E-state index in [2.05, 4.69) is 15.4 Å². The van der Waals surface area contributed by atoms with Crippen molar-refractivity contribution >= 4 is 18.0 Å². The summed E-state index contributed by atoms with van der Waals surface area (Å²) in [5.74, 6) is -1.80. The fourth-order valence-corrected chi connectivity index (χ4v) is 1.18. The second-order valence-corrected chi connectivity index (χ2v) is 4.11. The van der Waals surface area contributed by atoms with E-state index in [1.165, 1.54) is 7.11 Å². The molecule has 2 atom stereocenters. The van der Waals surface area contributed by atoms with E-state index in [1.807, 2.05) is 0 Å². The maximum Gasteiger partial charge on any atom is 0.315 e. The standard InChI is InChI=1S/C11H20N2O5/c1-7(10(15)16)4-5-12-11(17)13-8(2)6-9(14)18-3/h7-8H,4-6H2,1-3H3,(H,15,16)(H2,12,13,17). The molecule has 2 amide bonds. The molecular weight excluding hydrogens is 240 g/mol. The molecule has 0 saturated carbocycles. The van der Waals surface area contributed by atoms with Gasteiger partial charge < -0.3 is 20.5 Å². The Kier molecular flexibility index (Phi) is 7.50. The molecule has 0 fully saturated rings. The van der Waals surface area contributed by atoms with Gasteiger partial charge in [0.15, 0.2) is 0 Å². The normalized spacial score (nSPS) is 13.3. The number of urea groups is 1. The maximum atomic E-state index is 11.4. The molecular formula is C11H20N2O5. The van der Waals surface area contributed by atoms with Crippen LogP contribution < -0.4 is 10.6 Å². The van der Waals surface area contributed by atoms with Gasteiger partial charge in [0.2, 0.25) is 0 Å². The summed E-state index contributed by atoms with van der Waals surface area (Å²) >= 11 is 0. The summed E-state index contributed by atoms with van der Waals surface area (Å²) in [7, 11) is 1.28. The predicted octanol–water partition coefficient (Wildman–Crippen LogP) is 0.348. The lowest BCUT2D eigenvalue weighted by molar-refractivity contribution is -0.142. The smallest absolute Gasteiger partial charge is 0.315 e. The molecule has 0 radical (unpaired) electrons. The van der Waals surface area contributed by atoms with Crippen LogP contribution in [0.1, 0.15) is 26.7 Å².